The van der Waals surface area contributed by atoms with E-state index in [-0.39, 0.29) is 10.9 Å². The van der Waals surface area contributed by atoms with Crippen LogP contribution < -0.4 is 0 Å². The summed E-state index contributed by atoms with van der Waals surface area (Å²) in [6.07, 6.45) is 0. The quantitative estimate of drug-likeness (QED) is 0.128. The van der Waals surface area contributed by atoms with Crippen LogP contribution in [0.5, 0.6) is 0 Å². The van der Waals surface area contributed by atoms with Crippen molar-refractivity contribution < 1.29 is 16.9 Å². The molecule has 0 N–H and O–H groups in total. The topological polar surface area (TPSA) is 0 Å². The number of hydrogen-bond donors (Lipinski definition) is 0. The van der Waals surface area contributed by atoms with Crippen LogP contribution in [-0.2, 0) is 10.9 Å². The predicted octanol–water partition coefficient (Wildman–Crippen LogP) is 8.04. The molecule has 1 atom stereocenters. The van der Waals surface area contributed by atoms with Gasteiger partial charge in [0.2, 0.25) is 0 Å². The molecule has 0 fully saturated rings. The van der Waals surface area contributed by atoms with Gasteiger partial charge >= 0.3 is 36.4 Å². The Labute approximate surface area is 172 Å². The average molecular weight is 564 g/mol. The Morgan fingerprint density at radius 2 is 1.21 bits per heavy atom. The van der Waals surface area contributed by atoms with Gasteiger partial charge in [-0.05, 0) is 36.4 Å². The van der Waals surface area contributed by atoms with Gasteiger partial charge in [-0.2, -0.15) is 0 Å². The number of halogens is 7. The molecular weight excluding hydrogens is 552 g/mol. The van der Waals surface area contributed by atoms with Crippen LogP contribution in [0.2, 0.25) is 5.02 Å². The molecule has 0 radical (unpaired) electrons. The van der Waals surface area contributed by atoms with Crippen molar-refractivity contribution in [1.82, 2.24) is 0 Å². The van der Waals surface area contributed by atoms with Gasteiger partial charge in [0.25, 0.3) is 0 Å². The van der Waals surface area contributed by atoms with Crippen molar-refractivity contribution in [3.8, 4) is 0 Å². The van der Waals surface area contributed by atoms with Crippen LogP contribution in [0.25, 0.3) is 0 Å². The first-order valence-corrected chi connectivity index (χ1v) is 15.9. The zero-order valence-electron chi connectivity index (χ0n) is 13.8. The fraction of sp³-hybridized carbons (Fsp3) is 0. The molecule has 1 aliphatic rings. The SMILES string of the molecule is Clc1cccc2c1Sc1ccccc1[S+]2c1ccccc1.[F][Sb-]([F])([F])([F])([F])[F]. The van der Waals surface area contributed by atoms with Gasteiger partial charge in [-0.15, -0.1) is 0 Å². The summed E-state index contributed by atoms with van der Waals surface area (Å²) in [6, 6.07) is 25.6. The average Bonchev–Trinajstić information content (AvgIpc) is 2.58. The summed E-state index contributed by atoms with van der Waals surface area (Å²) in [5.41, 5.74) is 0. The van der Waals surface area contributed by atoms with Crippen LogP contribution in [0.1, 0.15) is 0 Å². The Morgan fingerprint density at radius 3 is 1.86 bits per heavy atom. The maximum atomic E-state index is 9.93. The molecule has 0 bridgehead atoms. The van der Waals surface area contributed by atoms with E-state index < -0.39 is 19.5 Å². The number of hydrogen-bond acceptors (Lipinski definition) is 1. The Bertz CT molecular complexity index is 999. The van der Waals surface area contributed by atoms with Crippen LogP contribution >= 0.6 is 23.4 Å². The summed E-state index contributed by atoms with van der Waals surface area (Å²) in [4.78, 5) is 6.57. The van der Waals surface area contributed by atoms with Crippen molar-refractivity contribution in [2.75, 3.05) is 0 Å². The van der Waals surface area contributed by atoms with E-state index in [1.165, 1.54) is 24.5 Å². The van der Waals surface area contributed by atoms with E-state index in [1.54, 1.807) is 11.8 Å². The van der Waals surface area contributed by atoms with Crippen LogP contribution in [0.3, 0.4) is 0 Å². The fourth-order valence-corrected chi connectivity index (χ4v) is 6.62. The van der Waals surface area contributed by atoms with Crippen molar-refractivity contribution in [2.45, 2.75) is 24.5 Å². The minimum atomic E-state index is -11.2. The van der Waals surface area contributed by atoms with Gasteiger partial charge in [-0.3, -0.25) is 0 Å². The molecule has 1 heterocycles. The third kappa shape index (κ3) is 6.27. The molecular formula is C18H12ClF6S2Sb. The molecule has 3 aromatic rings. The van der Waals surface area contributed by atoms with Gasteiger partial charge in [0.1, 0.15) is 10.9 Å². The molecule has 150 valence electrons. The summed E-state index contributed by atoms with van der Waals surface area (Å²) < 4.78 is 59.6. The molecule has 0 aliphatic carbocycles. The van der Waals surface area contributed by atoms with Gasteiger partial charge in [-0.1, -0.05) is 59.8 Å². The van der Waals surface area contributed by atoms with Crippen LogP contribution in [0.15, 0.2) is 97.3 Å². The van der Waals surface area contributed by atoms with E-state index in [4.69, 9.17) is 11.6 Å². The molecule has 0 saturated heterocycles. The Kier molecular flexibility index (Phi) is 5.50. The summed E-state index contributed by atoms with van der Waals surface area (Å²) in [7, 11) is -0.0735. The second-order valence-electron chi connectivity index (χ2n) is 5.69. The third-order valence-electron chi connectivity index (χ3n) is 3.41. The van der Waals surface area contributed by atoms with Crippen molar-refractivity contribution >= 4 is 53.7 Å². The molecule has 0 amide bonds. The zero-order valence-corrected chi connectivity index (χ0v) is 18.8. The van der Waals surface area contributed by atoms with Crippen molar-refractivity contribution in [2.24, 2.45) is 0 Å². The van der Waals surface area contributed by atoms with Crippen molar-refractivity contribution in [1.29, 1.82) is 0 Å². The van der Waals surface area contributed by atoms with E-state index in [1.807, 2.05) is 6.07 Å². The first-order chi connectivity index (χ1) is 12.8. The Morgan fingerprint density at radius 1 is 0.679 bits per heavy atom. The second-order valence-corrected chi connectivity index (χ2v) is 14.6. The molecule has 0 saturated carbocycles. The second kappa shape index (κ2) is 7.08. The van der Waals surface area contributed by atoms with Gasteiger partial charge in [-0.25, -0.2) is 0 Å². The molecule has 28 heavy (non-hydrogen) atoms. The molecule has 0 spiro atoms. The molecule has 1 aliphatic heterocycles. The fourth-order valence-electron chi connectivity index (χ4n) is 2.49. The summed E-state index contributed by atoms with van der Waals surface area (Å²) >= 11 is -3.02. The van der Waals surface area contributed by atoms with Gasteiger partial charge in [0, 0.05) is 0 Å². The van der Waals surface area contributed by atoms with Crippen LogP contribution in [0, 0.1) is 0 Å². The standard InChI is InChI=1S/C18H12ClS2.6FH.Sb/c19-14-9-6-12-17-18(14)20-15-10-4-5-11-16(15)21(17)13-7-2-1-3-8-13;;;;;;;/h1-12H;6*1H;/q+1;;;;;;;+5/p-6. The van der Waals surface area contributed by atoms with Gasteiger partial charge in [0.15, 0.2) is 14.7 Å². The Hall–Kier alpha value is -0.952. The zero-order chi connectivity index (χ0) is 20.6. The molecule has 0 aromatic heterocycles. The van der Waals surface area contributed by atoms with E-state index in [9.17, 15) is 16.9 Å². The van der Waals surface area contributed by atoms with Crippen LogP contribution in [-0.4, -0.2) is 19.5 Å². The first kappa shape index (κ1) is 21.7. The monoisotopic (exact) mass is 562 g/mol. The maximum absolute atomic E-state index is 11.2. The molecule has 1 unspecified atom stereocenters. The van der Waals surface area contributed by atoms with E-state index >= 15 is 0 Å². The van der Waals surface area contributed by atoms with Crippen molar-refractivity contribution in [3.63, 3.8) is 0 Å². The van der Waals surface area contributed by atoms with Crippen LogP contribution in [0.4, 0.5) is 16.9 Å². The molecule has 10 heteroatoms. The summed E-state index contributed by atoms with van der Waals surface area (Å²) in [5, 5.41) is 0.848. The van der Waals surface area contributed by atoms with Crippen molar-refractivity contribution in [3.05, 3.63) is 77.8 Å². The number of rotatable bonds is 1. The minimum absolute atomic E-state index is 0.0735. The third-order valence-corrected chi connectivity index (χ3v) is 7.64. The summed E-state index contributed by atoms with van der Waals surface area (Å²) in [5.74, 6) is 0. The predicted molar refractivity (Wildman–Crippen MR) is 103 cm³/mol. The molecule has 3 aromatic carbocycles. The number of fused-ring (bicyclic) bond motifs is 2. The van der Waals surface area contributed by atoms with Gasteiger partial charge in [0.05, 0.1) is 14.8 Å². The van der Waals surface area contributed by atoms with E-state index in [0.717, 1.165) is 5.02 Å². The first-order valence-electron chi connectivity index (χ1n) is 7.71. The normalized spacial score (nSPS) is 17.9. The van der Waals surface area contributed by atoms with E-state index in [0.29, 0.717) is 0 Å². The van der Waals surface area contributed by atoms with E-state index in [2.05, 4.69) is 66.7 Å². The number of benzene rings is 3. The molecule has 4 rings (SSSR count). The van der Waals surface area contributed by atoms with Gasteiger partial charge < -0.3 is 0 Å². The summed E-state index contributed by atoms with van der Waals surface area (Å²) in [6.45, 7) is 0. The Balaban J connectivity index is 0.000000279. The molecule has 0 nitrogen and oxygen atoms in total.